The molecule has 1 unspecified atom stereocenters. The third-order valence-electron chi connectivity index (χ3n) is 2.03. The van der Waals surface area contributed by atoms with Crippen LogP contribution in [0.4, 0.5) is 0 Å². The lowest BCUT2D eigenvalue weighted by Gasteiger charge is -1.99. The Kier molecular flexibility index (Phi) is 2.37. The van der Waals surface area contributed by atoms with Crippen LogP contribution in [0.5, 0.6) is 0 Å². The van der Waals surface area contributed by atoms with Crippen LogP contribution < -0.4 is 5.73 Å². The van der Waals surface area contributed by atoms with Crippen LogP contribution in [-0.4, -0.2) is 21.0 Å². The maximum absolute atomic E-state index is 5.68. The summed E-state index contributed by atoms with van der Waals surface area (Å²) in [5.74, 6) is 0.935. The second kappa shape index (κ2) is 3.67. The summed E-state index contributed by atoms with van der Waals surface area (Å²) >= 11 is 0. The van der Waals surface area contributed by atoms with Gasteiger partial charge in [-0.3, -0.25) is 0 Å². The lowest BCUT2D eigenvalue weighted by Crippen LogP contribution is -2.18. The monoisotopic (exact) mass is 190 g/mol. The molecule has 0 aliphatic carbocycles. The zero-order valence-corrected chi connectivity index (χ0v) is 8.12. The van der Waals surface area contributed by atoms with Crippen molar-refractivity contribution in [3.63, 3.8) is 0 Å². The highest BCUT2D eigenvalue weighted by atomic mass is 14.9. The van der Waals surface area contributed by atoms with E-state index in [0.717, 1.165) is 23.6 Å². The van der Waals surface area contributed by atoms with Crippen molar-refractivity contribution in [1.29, 1.82) is 0 Å². The van der Waals surface area contributed by atoms with Gasteiger partial charge in [0, 0.05) is 18.7 Å². The summed E-state index contributed by atoms with van der Waals surface area (Å²) in [6.45, 7) is 1.97. The first-order chi connectivity index (χ1) is 6.75. The Balaban J connectivity index is 2.18. The Labute approximate surface area is 82.6 Å². The van der Waals surface area contributed by atoms with E-state index in [-0.39, 0.29) is 6.04 Å². The molecule has 4 heteroatoms. The first-order valence-corrected chi connectivity index (χ1v) is 4.69. The van der Waals surface area contributed by atoms with Gasteiger partial charge in [0.05, 0.1) is 17.6 Å². The Hall–Kier alpha value is -1.55. The van der Waals surface area contributed by atoms with E-state index in [1.807, 2.05) is 31.5 Å². The van der Waals surface area contributed by atoms with Gasteiger partial charge in [0.25, 0.3) is 0 Å². The molecule has 2 rings (SSSR count). The molecule has 0 saturated heterocycles. The second-order valence-electron chi connectivity index (χ2n) is 3.51. The lowest BCUT2D eigenvalue weighted by atomic mass is 10.2. The van der Waals surface area contributed by atoms with E-state index in [4.69, 9.17) is 5.73 Å². The normalized spacial score (nSPS) is 13.0. The van der Waals surface area contributed by atoms with Crippen molar-refractivity contribution < 1.29 is 0 Å². The summed E-state index contributed by atoms with van der Waals surface area (Å²) in [7, 11) is 0. The summed E-state index contributed by atoms with van der Waals surface area (Å²) in [5, 5.41) is 0. The molecule has 2 aromatic rings. The van der Waals surface area contributed by atoms with Crippen molar-refractivity contribution in [3.8, 4) is 11.4 Å². The summed E-state index contributed by atoms with van der Waals surface area (Å²) in [6, 6.07) is 4.10. The number of nitrogens with zero attached hydrogens (tertiary/aromatic N) is 1. The van der Waals surface area contributed by atoms with Gasteiger partial charge in [-0.1, -0.05) is 0 Å². The van der Waals surface area contributed by atoms with Crippen molar-refractivity contribution in [1.82, 2.24) is 15.0 Å². The predicted molar refractivity (Wildman–Crippen MR) is 55.7 cm³/mol. The number of aromatic amines is 2. The van der Waals surface area contributed by atoms with Crippen LogP contribution in [0, 0.1) is 0 Å². The Morgan fingerprint density at radius 2 is 2.36 bits per heavy atom. The van der Waals surface area contributed by atoms with Gasteiger partial charge in [-0.05, 0) is 19.1 Å². The van der Waals surface area contributed by atoms with Gasteiger partial charge >= 0.3 is 0 Å². The highest BCUT2D eigenvalue weighted by Crippen LogP contribution is 2.14. The molecular weight excluding hydrogens is 176 g/mol. The highest BCUT2D eigenvalue weighted by Gasteiger charge is 2.04. The van der Waals surface area contributed by atoms with E-state index < -0.39 is 0 Å². The number of nitrogens with one attached hydrogen (secondary N) is 2. The smallest absolute Gasteiger partial charge is 0.108 e. The number of rotatable bonds is 3. The summed E-state index contributed by atoms with van der Waals surface area (Å²) in [6.07, 6.45) is 4.49. The van der Waals surface area contributed by atoms with Crippen LogP contribution >= 0.6 is 0 Å². The second-order valence-corrected chi connectivity index (χ2v) is 3.51. The van der Waals surface area contributed by atoms with E-state index >= 15 is 0 Å². The fourth-order valence-corrected chi connectivity index (χ4v) is 1.41. The molecule has 0 amide bonds. The fourth-order valence-electron chi connectivity index (χ4n) is 1.41. The van der Waals surface area contributed by atoms with Crippen molar-refractivity contribution in [3.05, 3.63) is 30.4 Å². The number of hydrogen-bond donors (Lipinski definition) is 3. The minimum absolute atomic E-state index is 0.137. The molecule has 1 atom stereocenters. The van der Waals surface area contributed by atoms with E-state index in [1.165, 1.54) is 0 Å². The Morgan fingerprint density at radius 3 is 3.00 bits per heavy atom. The quantitative estimate of drug-likeness (QED) is 0.682. The minimum atomic E-state index is 0.137. The van der Waals surface area contributed by atoms with Crippen LogP contribution in [0.15, 0.2) is 24.5 Å². The number of aromatic nitrogens is 3. The number of hydrogen-bond acceptors (Lipinski definition) is 2. The maximum atomic E-state index is 5.68. The van der Waals surface area contributed by atoms with Gasteiger partial charge in [-0.2, -0.15) is 0 Å². The largest absolute Gasteiger partial charge is 0.360 e. The molecule has 0 fully saturated rings. The van der Waals surface area contributed by atoms with E-state index in [0.29, 0.717) is 0 Å². The first-order valence-electron chi connectivity index (χ1n) is 4.69. The Bertz CT molecular complexity index is 386. The number of H-pyrrole nitrogens is 2. The topological polar surface area (TPSA) is 70.5 Å². The van der Waals surface area contributed by atoms with Crippen molar-refractivity contribution >= 4 is 0 Å². The predicted octanol–water partition coefficient (Wildman–Crippen LogP) is 1.29. The van der Waals surface area contributed by atoms with Crippen LogP contribution in [0.25, 0.3) is 11.4 Å². The lowest BCUT2D eigenvalue weighted by molar-refractivity contribution is 0.710. The molecule has 4 nitrogen and oxygen atoms in total. The van der Waals surface area contributed by atoms with Crippen molar-refractivity contribution in [2.45, 2.75) is 19.4 Å². The van der Waals surface area contributed by atoms with Crippen LogP contribution in [0.3, 0.4) is 0 Å². The number of imidazole rings is 1. The molecule has 74 valence electrons. The highest BCUT2D eigenvalue weighted by molar-refractivity contribution is 5.53. The summed E-state index contributed by atoms with van der Waals surface area (Å²) < 4.78 is 0. The van der Waals surface area contributed by atoms with Gasteiger partial charge in [-0.15, -0.1) is 0 Å². The van der Waals surface area contributed by atoms with Gasteiger partial charge in [0.2, 0.25) is 0 Å². The van der Waals surface area contributed by atoms with E-state index in [2.05, 4.69) is 15.0 Å². The average molecular weight is 190 g/mol. The molecule has 0 aliphatic heterocycles. The third kappa shape index (κ3) is 1.85. The average Bonchev–Trinajstić information content (AvgIpc) is 2.69. The zero-order valence-electron chi connectivity index (χ0n) is 8.12. The standard InChI is InChI=1S/C10H14N4/c1-7(11)5-10-13-6-9(14-10)8-3-2-4-12-8/h2-4,6-7,12H,5,11H2,1H3,(H,13,14). The molecule has 0 spiro atoms. The van der Waals surface area contributed by atoms with Gasteiger partial charge in [-0.25, -0.2) is 4.98 Å². The SMILES string of the molecule is CC(N)Cc1ncc(-c2ccc[nH]2)[nH]1. The molecule has 4 N–H and O–H groups in total. The zero-order chi connectivity index (χ0) is 9.97. The molecule has 0 bridgehead atoms. The van der Waals surface area contributed by atoms with E-state index in [1.54, 1.807) is 0 Å². The molecule has 0 aliphatic rings. The van der Waals surface area contributed by atoms with Gasteiger partial charge in [0.15, 0.2) is 0 Å². The molecule has 2 heterocycles. The molecular formula is C10H14N4. The van der Waals surface area contributed by atoms with Crippen molar-refractivity contribution in [2.24, 2.45) is 5.73 Å². The molecule has 0 radical (unpaired) electrons. The Morgan fingerprint density at radius 1 is 1.50 bits per heavy atom. The van der Waals surface area contributed by atoms with E-state index in [9.17, 15) is 0 Å². The summed E-state index contributed by atoms with van der Waals surface area (Å²) in [5.41, 5.74) is 7.74. The van der Waals surface area contributed by atoms with Crippen LogP contribution in [-0.2, 0) is 6.42 Å². The molecule has 14 heavy (non-hydrogen) atoms. The van der Waals surface area contributed by atoms with Crippen molar-refractivity contribution in [2.75, 3.05) is 0 Å². The third-order valence-corrected chi connectivity index (χ3v) is 2.03. The molecule has 2 aromatic heterocycles. The maximum Gasteiger partial charge on any atom is 0.108 e. The molecule has 0 saturated carbocycles. The molecule has 0 aromatic carbocycles. The minimum Gasteiger partial charge on any atom is -0.360 e. The number of nitrogens with two attached hydrogens (primary N) is 1. The van der Waals surface area contributed by atoms with Crippen LogP contribution in [0.1, 0.15) is 12.7 Å². The van der Waals surface area contributed by atoms with Crippen LogP contribution in [0.2, 0.25) is 0 Å². The fraction of sp³-hybridized carbons (Fsp3) is 0.300. The first kappa shape index (κ1) is 9.02. The van der Waals surface area contributed by atoms with Gasteiger partial charge < -0.3 is 15.7 Å². The van der Waals surface area contributed by atoms with Gasteiger partial charge in [0.1, 0.15) is 5.82 Å². The summed E-state index contributed by atoms with van der Waals surface area (Å²) in [4.78, 5) is 10.6.